The van der Waals surface area contributed by atoms with Crippen molar-refractivity contribution >= 4 is 5.69 Å². The second kappa shape index (κ2) is 6.75. The number of piperidine rings is 2. The molecule has 2 aliphatic heterocycles. The van der Waals surface area contributed by atoms with Gasteiger partial charge in [-0.2, -0.15) is 0 Å². The minimum Gasteiger partial charge on any atom is -0.392 e. The first-order valence-electron chi connectivity index (χ1n) is 8.16. The number of anilines is 1. The molecule has 1 aromatic rings. The molecule has 0 radical (unpaired) electrons. The van der Waals surface area contributed by atoms with Gasteiger partial charge in [0, 0.05) is 30.4 Å². The molecule has 116 valence electrons. The molecule has 2 aliphatic rings. The Labute approximate surface area is 126 Å². The molecule has 4 heteroatoms. The Kier molecular flexibility index (Phi) is 4.76. The van der Waals surface area contributed by atoms with Gasteiger partial charge in [-0.15, -0.1) is 0 Å². The molecule has 0 aliphatic carbocycles. The number of halogens is 1. The van der Waals surface area contributed by atoms with Crippen LogP contribution in [0, 0.1) is 5.82 Å². The fraction of sp³-hybridized carbons (Fsp3) is 0.647. The number of nitrogens with zero attached hydrogens (tertiary/aromatic N) is 2. The fourth-order valence-corrected chi connectivity index (χ4v) is 3.74. The van der Waals surface area contributed by atoms with Crippen LogP contribution in [0.3, 0.4) is 0 Å². The van der Waals surface area contributed by atoms with E-state index < -0.39 is 0 Å². The highest BCUT2D eigenvalue weighted by molar-refractivity contribution is 5.54. The van der Waals surface area contributed by atoms with E-state index in [-0.39, 0.29) is 12.4 Å². The Balaban J connectivity index is 1.62. The van der Waals surface area contributed by atoms with Gasteiger partial charge in [0.2, 0.25) is 0 Å². The topological polar surface area (TPSA) is 26.7 Å². The van der Waals surface area contributed by atoms with Gasteiger partial charge in [0.25, 0.3) is 0 Å². The van der Waals surface area contributed by atoms with Crippen LogP contribution in [0.15, 0.2) is 18.2 Å². The van der Waals surface area contributed by atoms with Gasteiger partial charge in [0.05, 0.1) is 6.61 Å². The maximum absolute atomic E-state index is 13.3. The summed E-state index contributed by atoms with van der Waals surface area (Å²) in [6, 6.07) is 5.46. The van der Waals surface area contributed by atoms with Gasteiger partial charge in [-0.25, -0.2) is 4.39 Å². The zero-order valence-corrected chi connectivity index (χ0v) is 12.6. The van der Waals surface area contributed by atoms with E-state index in [0.29, 0.717) is 11.6 Å². The van der Waals surface area contributed by atoms with Gasteiger partial charge in [-0.05, 0) is 57.0 Å². The molecule has 0 unspecified atom stereocenters. The van der Waals surface area contributed by atoms with Crippen LogP contribution in [-0.4, -0.2) is 42.2 Å². The van der Waals surface area contributed by atoms with E-state index in [4.69, 9.17) is 0 Å². The van der Waals surface area contributed by atoms with Crippen molar-refractivity contribution in [3.05, 3.63) is 29.6 Å². The average Bonchev–Trinajstić information content (AvgIpc) is 2.56. The zero-order valence-electron chi connectivity index (χ0n) is 12.6. The van der Waals surface area contributed by atoms with E-state index in [1.807, 2.05) is 6.07 Å². The van der Waals surface area contributed by atoms with E-state index in [1.165, 1.54) is 57.3 Å². The van der Waals surface area contributed by atoms with Crippen molar-refractivity contribution in [1.29, 1.82) is 0 Å². The first kappa shape index (κ1) is 14.8. The number of hydrogen-bond acceptors (Lipinski definition) is 3. The lowest BCUT2D eigenvalue weighted by Crippen LogP contribution is -2.46. The Bertz CT molecular complexity index is 466. The highest BCUT2D eigenvalue weighted by atomic mass is 19.1. The standard InChI is InChI=1S/C17H25FN2O/c18-15-4-5-17(14(12-15)13-21)20-10-6-16(7-11-20)19-8-2-1-3-9-19/h4-5,12,16,21H,1-3,6-11,13H2. The third-order valence-electron chi connectivity index (χ3n) is 4.92. The maximum atomic E-state index is 13.3. The van der Waals surface area contributed by atoms with Crippen LogP contribution in [0.2, 0.25) is 0 Å². The van der Waals surface area contributed by atoms with E-state index in [9.17, 15) is 9.50 Å². The highest BCUT2D eigenvalue weighted by Crippen LogP contribution is 2.27. The molecule has 0 amide bonds. The van der Waals surface area contributed by atoms with Crippen LogP contribution in [-0.2, 0) is 6.61 Å². The first-order valence-corrected chi connectivity index (χ1v) is 8.16. The summed E-state index contributed by atoms with van der Waals surface area (Å²) in [4.78, 5) is 4.95. The number of hydrogen-bond donors (Lipinski definition) is 1. The smallest absolute Gasteiger partial charge is 0.123 e. The zero-order chi connectivity index (χ0) is 14.7. The molecule has 0 saturated carbocycles. The van der Waals surface area contributed by atoms with Gasteiger partial charge < -0.3 is 14.9 Å². The number of likely N-dealkylation sites (tertiary alicyclic amines) is 1. The Morgan fingerprint density at radius 3 is 2.43 bits per heavy atom. The summed E-state index contributed by atoms with van der Waals surface area (Å²) in [5.74, 6) is -0.272. The molecule has 1 N–H and O–H groups in total. The Morgan fingerprint density at radius 2 is 1.76 bits per heavy atom. The van der Waals surface area contributed by atoms with Crippen LogP contribution < -0.4 is 4.90 Å². The molecule has 2 fully saturated rings. The number of aliphatic hydroxyl groups is 1. The lowest BCUT2D eigenvalue weighted by Gasteiger charge is -2.41. The van der Waals surface area contributed by atoms with Crippen molar-refractivity contribution in [1.82, 2.24) is 4.90 Å². The molecule has 1 aromatic carbocycles. The lowest BCUT2D eigenvalue weighted by molar-refractivity contribution is 0.141. The van der Waals surface area contributed by atoms with Crippen molar-refractivity contribution in [3.8, 4) is 0 Å². The molecule has 21 heavy (non-hydrogen) atoms. The summed E-state index contributed by atoms with van der Waals surface area (Å²) in [5.41, 5.74) is 1.70. The molecule has 0 aromatic heterocycles. The summed E-state index contributed by atoms with van der Waals surface area (Å²) < 4.78 is 13.3. The van der Waals surface area contributed by atoms with E-state index in [1.54, 1.807) is 0 Å². The summed E-state index contributed by atoms with van der Waals surface area (Å²) >= 11 is 0. The molecule has 0 bridgehead atoms. The quantitative estimate of drug-likeness (QED) is 0.928. The van der Waals surface area contributed by atoms with E-state index in [2.05, 4.69) is 9.80 Å². The van der Waals surface area contributed by atoms with Crippen molar-refractivity contribution in [2.45, 2.75) is 44.8 Å². The molecule has 0 spiro atoms. The maximum Gasteiger partial charge on any atom is 0.123 e. The van der Waals surface area contributed by atoms with E-state index in [0.717, 1.165) is 18.8 Å². The number of aliphatic hydroxyl groups excluding tert-OH is 1. The van der Waals surface area contributed by atoms with Crippen LogP contribution in [0.25, 0.3) is 0 Å². The SMILES string of the molecule is OCc1cc(F)ccc1N1CCC(N2CCCCC2)CC1. The molecular weight excluding hydrogens is 267 g/mol. The van der Waals surface area contributed by atoms with Crippen molar-refractivity contribution < 1.29 is 9.50 Å². The summed E-state index contributed by atoms with van der Waals surface area (Å²) in [6.07, 6.45) is 6.40. The normalized spacial score (nSPS) is 21.7. The molecular formula is C17H25FN2O. The van der Waals surface area contributed by atoms with Crippen molar-refractivity contribution in [2.24, 2.45) is 0 Å². The molecule has 2 saturated heterocycles. The fourth-order valence-electron chi connectivity index (χ4n) is 3.74. The van der Waals surface area contributed by atoms with E-state index >= 15 is 0 Å². The third kappa shape index (κ3) is 3.38. The molecule has 3 rings (SSSR count). The third-order valence-corrected chi connectivity index (χ3v) is 4.92. The first-order chi connectivity index (χ1) is 10.3. The van der Waals surface area contributed by atoms with Gasteiger partial charge in [-0.3, -0.25) is 0 Å². The minimum absolute atomic E-state index is 0.0981. The van der Waals surface area contributed by atoms with Gasteiger partial charge >= 0.3 is 0 Å². The second-order valence-electron chi connectivity index (χ2n) is 6.25. The van der Waals surface area contributed by atoms with Crippen LogP contribution in [0.5, 0.6) is 0 Å². The van der Waals surface area contributed by atoms with Gasteiger partial charge in [0.1, 0.15) is 5.82 Å². The summed E-state index contributed by atoms with van der Waals surface area (Å²) in [6.45, 7) is 4.41. The molecule has 0 atom stereocenters. The summed E-state index contributed by atoms with van der Waals surface area (Å²) in [7, 11) is 0. The Morgan fingerprint density at radius 1 is 1.05 bits per heavy atom. The predicted octanol–water partition coefficient (Wildman–Crippen LogP) is 2.77. The second-order valence-corrected chi connectivity index (χ2v) is 6.25. The average molecular weight is 292 g/mol. The largest absolute Gasteiger partial charge is 0.392 e. The summed E-state index contributed by atoms with van der Waals surface area (Å²) in [5, 5.41) is 9.43. The van der Waals surface area contributed by atoms with Crippen LogP contribution in [0.1, 0.15) is 37.7 Å². The molecule has 2 heterocycles. The van der Waals surface area contributed by atoms with Crippen molar-refractivity contribution in [2.75, 3.05) is 31.1 Å². The Hall–Kier alpha value is -1.13. The minimum atomic E-state index is -0.272. The van der Waals surface area contributed by atoms with Crippen molar-refractivity contribution in [3.63, 3.8) is 0 Å². The highest BCUT2D eigenvalue weighted by Gasteiger charge is 2.26. The lowest BCUT2D eigenvalue weighted by atomic mass is 9.99. The molecule has 3 nitrogen and oxygen atoms in total. The predicted molar refractivity (Wildman–Crippen MR) is 83.0 cm³/mol. The van der Waals surface area contributed by atoms with Crippen LogP contribution >= 0.6 is 0 Å². The monoisotopic (exact) mass is 292 g/mol. The van der Waals surface area contributed by atoms with Gasteiger partial charge in [0.15, 0.2) is 0 Å². The number of rotatable bonds is 3. The van der Waals surface area contributed by atoms with Gasteiger partial charge in [-0.1, -0.05) is 6.42 Å². The van der Waals surface area contributed by atoms with Crippen LogP contribution in [0.4, 0.5) is 10.1 Å². The number of benzene rings is 1.